The van der Waals surface area contributed by atoms with E-state index in [4.69, 9.17) is 0 Å². The largest absolute Gasteiger partial charge is 0.354 e. The third-order valence-corrected chi connectivity index (χ3v) is 4.50. The Morgan fingerprint density at radius 1 is 1.35 bits per heavy atom. The first kappa shape index (κ1) is 12.9. The SMILES string of the molecule is CC1CCC(C(=O)NCC2(C)CCCN2)CC1. The molecule has 1 amide bonds. The molecule has 17 heavy (non-hydrogen) atoms. The van der Waals surface area contributed by atoms with E-state index in [0.717, 1.165) is 31.8 Å². The zero-order valence-electron chi connectivity index (χ0n) is 11.2. The number of carbonyl (C=O) groups is 1. The Balaban J connectivity index is 1.73. The van der Waals surface area contributed by atoms with E-state index in [1.807, 2.05) is 0 Å². The summed E-state index contributed by atoms with van der Waals surface area (Å²) in [5, 5.41) is 6.63. The van der Waals surface area contributed by atoms with E-state index in [9.17, 15) is 4.79 Å². The first-order valence-electron chi connectivity index (χ1n) is 7.12. The van der Waals surface area contributed by atoms with Crippen molar-refractivity contribution in [3.8, 4) is 0 Å². The predicted octanol–water partition coefficient (Wildman–Crippen LogP) is 2.07. The summed E-state index contributed by atoms with van der Waals surface area (Å²) in [5.41, 5.74) is 0.137. The van der Waals surface area contributed by atoms with Crippen molar-refractivity contribution in [2.24, 2.45) is 11.8 Å². The Morgan fingerprint density at radius 3 is 2.65 bits per heavy atom. The quantitative estimate of drug-likeness (QED) is 0.790. The minimum atomic E-state index is 0.137. The summed E-state index contributed by atoms with van der Waals surface area (Å²) in [5.74, 6) is 1.37. The molecule has 0 radical (unpaired) electrons. The number of carbonyl (C=O) groups excluding carboxylic acids is 1. The van der Waals surface area contributed by atoms with E-state index >= 15 is 0 Å². The molecule has 2 aliphatic rings. The zero-order valence-corrected chi connectivity index (χ0v) is 11.2. The van der Waals surface area contributed by atoms with Crippen molar-refractivity contribution < 1.29 is 4.79 Å². The van der Waals surface area contributed by atoms with Crippen LogP contribution in [0.25, 0.3) is 0 Å². The van der Waals surface area contributed by atoms with Crippen molar-refractivity contribution in [2.45, 2.75) is 57.9 Å². The fourth-order valence-electron chi connectivity index (χ4n) is 3.06. The lowest BCUT2D eigenvalue weighted by atomic mass is 9.82. The molecule has 1 heterocycles. The molecule has 1 unspecified atom stereocenters. The highest BCUT2D eigenvalue weighted by Crippen LogP contribution is 2.28. The first-order chi connectivity index (χ1) is 8.09. The fraction of sp³-hybridized carbons (Fsp3) is 0.929. The molecule has 0 aromatic carbocycles. The normalized spacial score (nSPS) is 38.0. The van der Waals surface area contributed by atoms with Crippen molar-refractivity contribution in [3.63, 3.8) is 0 Å². The zero-order chi connectivity index (χ0) is 12.3. The predicted molar refractivity (Wildman–Crippen MR) is 69.8 cm³/mol. The van der Waals surface area contributed by atoms with Gasteiger partial charge in [0, 0.05) is 18.0 Å². The first-order valence-corrected chi connectivity index (χ1v) is 7.12. The van der Waals surface area contributed by atoms with Crippen molar-refractivity contribution >= 4 is 5.91 Å². The lowest BCUT2D eigenvalue weighted by molar-refractivity contribution is -0.126. The number of hydrogen-bond acceptors (Lipinski definition) is 2. The number of nitrogens with one attached hydrogen (secondary N) is 2. The topological polar surface area (TPSA) is 41.1 Å². The number of rotatable bonds is 3. The van der Waals surface area contributed by atoms with E-state index in [1.165, 1.54) is 25.7 Å². The minimum Gasteiger partial charge on any atom is -0.354 e. The van der Waals surface area contributed by atoms with Crippen molar-refractivity contribution in [1.29, 1.82) is 0 Å². The monoisotopic (exact) mass is 238 g/mol. The fourth-order valence-corrected chi connectivity index (χ4v) is 3.06. The van der Waals surface area contributed by atoms with Crippen LogP contribution in [-0.2, 0) is 4.79 Å². The maximum Gasteiger partial charge on any atom is 0.223 e. The third-order valence-electron chi connectivity index (χ3n) is 4.50. The summed E-state index contributed by atoms with van der Waals surface area (Å²) < 4.78 is 0. The summed E-state index contributed by atoms with van der Waals surface area (Å²) in [7, 11) is 0. The Morgan fingerprint density at radius 2 is 2.06 bits per heavy atom. The van der Waals surface area contributed by atoms with Crippen LogP contribution in [0.4, 0.5) is 0 Å². The van der Waals surface area contributed by atoms with E-state index in [0.29, 0.717) is 0 Å². The molecule has 1 saturated carbocycles. The highest BCUT2D eigenvalue weighted by Gasteiger charge is 2.30. The number of amides is 1. The van der Waals surface area contributed by atoms with Gasteiger partial charge in [-0.25, -0.2) is 0 Å². The van der Waals surface area contributed by atoms with Gasteiger partial charge in [-0.3, -0.25) is 4.79 Å². The molecule has 0 aromatic rings. The molecule has 0 bridgehead atoms. The average Bonchev–Trinajstić information content (AvgIpc) is 2.75. The average molecular weight is 238 g/mol. The molecule has 2 N–H and O–H groups in total. The Kier molecular flexibility index (Phi) is 4.08. The van der Waals surface area contributed by atoms with Gasteiger partial charge in [0.25, 0.3) is 0 Å². The Hall–Kier alpha value is -0.570. The third kappa shape index (κ3) is 3.44. The van der Waals surface area contributed by atoms with Gasteiger partial charge in [0.15, 0.2) is 0 Å². The second-order valence-corrected chi connectivity index (χ2v) is 6.27. The van der Waals surface area contributed by atoms with E-state index in [2.05, 4.69) is 24.5 Å². The highest BCUT2D eigenvalue weighted by atomic mass is 16.1. The summed E-state index contributed by atoms with van der Waals surface area (Å²) in [6, 6.07) is 0. The van der Waals surface area contributed by atoms with Crippen LogP contribution >= 0.6 is 0 Å². The molecule has 2 fully saturated rings. The van der Waals surface area contributed by atoms with Gasteiger partial charge in [-0.15, -0.1) is 0 Å². The molecule has 0 spiro atoms. The molecule has 3 heteroatoms. The van der Waals surface area contributed by atoms with Crippen LogP contribution in [0.2, 0.25) is 0 Å². The smallest absolute Gasteiger partial charge is 0.223 e. The molecule has 98 valence electrons. The molecule has 1 aliphatic carbocycles. The van der Waals surface area contributed by atoms with Gasteiger partial charge < -0.3 is 10.6 Å². The maximum atomic E-state index is 12.1. The van der Waals surface area contributed by atoms with Crippen molar-refractivity contribution in [2.75, 3.05) is 13.1 Å². The summed E-state index contributed by atoms with van der Waals surface area (Å²) >= 11 is 0. The molecule has 1 atom stereocenters. The summed E-state index contributed by atoms with van der Waals surface area (Å²) in [4.78, 5) is 12.1. The van der Waals surface area contributed by atoms with Gasteiger partial charge >= 0.3 is 0 Å². The second-order valence-electron chi connectivity index (χ2n) is 6.27. The van der Waals surface area contributed by atoms with Gasteiger partial charge in [0.1, 0.15) is 0 Å². The van der Waals surface area contributed by atoms with E-state index < -0.39 is 0 Å². The van der Waals surface area contributed by atoms with Crippen LogP contribution in [0.1, 0.15) is 52.4 Å². The van der Waals surface area contributed by atoms with Crippen molar-refractivity contribution in [1.82, 2.24) is 10.6 Å². The molecular formula is C14H26N2O. The highest BCUT2D eigenvalue weighted by molar-refractivity contribution is 5.78. The van der Waals surface area contributed by atoms with Crippen LogP contribution in [0.5, 0.6) is 0 Å². The van der Waals surface area contributed by atoms with Crippen LogP contribution < -0.4 is 10.6 Å². The molecule has 3 nitrogen and oxygen atoms in total. The summed E-state index contributed by atoms with van der Waals surface area (Å²) in [6.07, 6.45) is 7.00. The van der Waals surface area contributed by atoms with Crippen LogP contribution in [0.15, 0.2) is 0 Å². The number of hydrogen-bond donors (Lipinski definition) is 2. The molecular weight excluding hydrogens is 212 g/mol. The van der Waals surface area contributed by atoms with Gasteiger partial charge in [-0.05, 0) is 57.9 Å². The van der Waals surface area contributed by atoms with E-state index in [1.54, 1.807) is 0 Å². The van der Waals surface area contributed by atoms with Gasteiger partial charge in [0.05, 0.1) is 0 Å². The van der Waals surface area contributed by atoms with Gasteiger partial charge in [-0.2, -0.15) is 0 Å². The maximum absolute atomic E-state index is 12.1. The Labute approximate surface area is 105 Å². The minimum absolute atomic E-state index is 0.137. The lowest BCUT2D eigenvalue weighted by Gasteiger charge is -2.28. The summed E-state index contributed by atoms with van der Waals surface area (Å²) in [6.45, 7) is 6.38. The van der Waals surface area contributed by atoms with Gasteiger partial charge in [-0.1, -0.05) is 6.92 Å². The van der Waals surface area contributed by atoms with Gasteiger partial charge in [0.2, 0.25) is 5.91 Å². The van der Waals surface area contributed by atoms with Crippen LogP contribution in [0, 0.1) is 11.8 Å². The van der Waals surface area contributed by atoms with Crippen LogP contribution in [0.3, 0.4) is 0 Å². The van der Waals surface area contributed by atoms with Crippen LogP contribution in [-0.4, -0.2) is 24.5 Å². The molecule has 2 rings (SSSR count). The Bertz CT molecular complexity index is 263. The molecule has 1 aliphatic heterocycles. The van der Waals surface area contributed by atoms with Crippen molar-refractivity contribution in [3.05, 3.63) is 0 Å². The lowest BCUT2D eigenvalue weighted by Crippen LogP contribution is -2.48. The second kappa shape index (κ2) is 5.38. The standard InChI is InChI=1S/C14H26N2O/c1-11-4-6-12(7-5-11)13(17)15-10-14(2)8-3-9-16-14/h11-12,16H,3-10H2,1-2H3,(H,15,17). The van der Waals surface area contributed by atoms with E-state index in [-0.39, 0.29) is 17.4 Å². The molecule has 0 aromatic heterocycles. The molecule has 1 saturated heterocycles.